The predicted molar refractivity (Wildman–Crippen MR) is 61.8 cm³/mol. The molecule has 0 heterocycles. The lowest BCUT2D eigenvalue weighted by molar-refractivity contribution is -0.155. The molecule has 1 aromatic rings. The number of carbonyl (C=O) groups excluding carboxylic acids is 1. The lowest BCUT2D eigenvalue weighted by Crippen LogP contribution is -2.24. The fourth-order valence-electron chi connectivity index (χ4n) is 1.41. The van der Waals surface area contributed by atoms with Crippen molar-refractivity contribution in [3.05, 3.63) is 35.9 Å². The molecule has 0 aliphatic carbocycles. The molecule has 0 radical (unpaired) electrons. The van der Waals surface area contributed by atoms with Crippen LogP contribution in [0.15, 0.2) is 30.3 Å². The summed E-state index contributed by atoms with van der Waals surface area (Å²) in [6, 6.07) is 9.12. The monoisotopic (exact) mass is 222 g/mol. The van der Waals surface area contributed by atoms with E-state index in [2.05, 4.69) is 0 Å². The number of aliphatic hydroxyl groups is 1. The van der Waals surface area contributed by atoms with Gasteiger partial charge in [0.2, 0.25) is 0 Å². The van der Waals surface area contributed by atoms with Gasteiger partial charge >= 0.3 is 5.97 Å². The van der Waals surface area contributed by atoms with Crippen LogP contribution < -0.4 is 0 Å². The second kappa shape index (κ2) is 5.66. The van der Waals surface area contributed by atoms with Gasteiger partial charge in [0.25, 0.3) is 0 Å². The molecule has 88 valence electrons. The minimum absolute atomic E-state index is 0.155. The van der Waals surface area contributed by atoms with Gasteiger partial charge in [0.15, 0.2) is 0 Å². The molecule has 0 saturated heterocycles. The highest BCUT2D eigenvalue weighted by Gasteiger charge is 2.25. The van der Waals surface area contributed by atoms with Gasteiger partial charge in [-0.2, -0.15) is 0 Å². The first kappa shape index (κ1) is 12.7. The van der Waals surface area contributed by atoms with Gasteiger partial charge in [-0.15, -0.1) is 0 Å². The zero-order valence-corrected chi connectivity index (χ0v) is 9.88. The fraction of sp³-hybridized carbons (Fsp3) is 0.462. The molecule has 3 nitrogen and oxygen atoms in total. The van der Waals surface area contributed by atoms with Crippen molar-refractivity contribution in [1.29, 1.82) is 0 Å². The Morgan fingerprint density at radius 1 is 1.19 bits per heavy atom. The van der Waals surface area contributed by atoms with E-state index in [1.54, 1.807) is 32.9 Å². The minimum Gasteiger partial charge on any atom is -0.463 e. The largest absolute Gasteiger partial charge is 0.463 e. The number of rotatable bonds is 4. The third-order valence-corrected chi connectivity index (χ3v) is 2.34. The van der Waals surface area contributed by atoms with E-state index in [9.17, 15) is 9.90 Å². The molecule has 0 saturated carbocycles. The topological polar surface area (TPSA) is 46.5 Å². The average molecular weight is 222 g/mol. The first-order chi connectivity index (χ1) is 7.52. The van der Waals surface area contributed by atoms with Crippen LogP contribution in [-0.2, 0) is 9.53 Å². The minimum atomic E-state index is -0.813. The van der Waals surface area contributed by atoms with Crippen molar-refractivity contribution < 1.29 is 14.6 Å². The van der Waals surface area contributed by atoms with Crippen molar-refractivity contribution >= 4 is 5.97 Å². The Morgan fingerprint density at radius 3 is 2.25 bits per heavy atom. The van der Waals surface area contributed by atoms with Crippen LogP contribution >= 0.6 is 0 Å². The number of hydrogen-bond acceptors (Lipinski definition) is 3. The number of esters is 1. The van der Waals surface area contributed by atoms with E-state index in [4.69, 9.17) is 4.74 Å². The summed E-state index contributed by atoms with van der Waals surface area (Å²) >= 11 is 0. The maximum atomic E-state index is 11.6. The summed E-state index contributed by atoms with van der Waals surface area (Å²) in [4.78, 5) is 11.6. The van der Waals surface area contributed by atoms with Crippen molar-refractivity contribution in [3.63, 3.8) is 0 Å². The summed E-state index contributed by atoms with van der Waals surface area (Å²) < 4.78 is 5.06. The van der Waals surface area contributed by atoms with E-state index in [0.29, 0.717) is 0 Å². The molecule has 0 spiro atoms. The number of carbonyl (C=O) groups is 1. The first-order valence-corrected chi connectivity index (χ1v) is 5.46. The zero-order chi connectivity index (χ0) is 12.1. The summed E-state index contributed by atoms with van der Waals surface area (Å²) in [5.74, 6) is -0.920. The maximum absolute atomic E-state index is 11.6. The normalized spacial score (nSPS) is 14.6. The van der Waals surface area contributed by atoms with Gasteiger partial charge in [-0.3, -0.25) is 4.79 Å². The van der Waals surface area contributed by atoms with E-state index < -0.39 is 12.0 Å². The maximum Gasteiger partial charge on any atom is 0.311 e. The lowest BCUT2D eigenvalue weighted by Gasteiger charge is -2.19. The molecule has 16 heavy (non-hydrogen) atoms. The Morgan fingerprint density at radius 2 is 1.75 bits per heavy atom. The molecule has 2 atom stereocenters. The van der Waals surface area contributed by atoms with Crippen LogP contribution in [0.3, 0.4) is 0 Å². The van der Waals surface area contributed by atoms with Crippen molar-refractivity contribution in [3.8, 4) is 0 Å². The van der Waals surface area contributed by atoms with Crippen molar-refractivity contribution in [2.75, 3.05) is 0 Å². The summed E-state index contributed by atoms with van der Waals surface area (Å²) in [6.07, 6.45) is -0.967. The van der Waals surface area contributed by atoms with Crippen LogP contribution in [0, 0.1) is 5.92 Å². The quantitative estimate of drug-likeness (QED) is 0.795. The summed E-state index contributed by atoms with van der Waals surface area (Å²) in [7, 11) is 0. The molecule has 1 rings (SSSR count). The Hall–Kier alpha value is -1.35. The van der Waals surface area contributed by atoms with E-state index in [-0.39, 0.29) is 12.1 Å². The van der Waals surface area contributed by atoms with E-state index in [1.807, 2.05) is 18.2 Å². The van der Waals surface area contributed by atoms with Crippen LogP contribution in [0.2, 0.25) is 0 Å². The molecular formula is C13H18O3. The van der Waals surface area contributed by atoms with Gasteiger partial charge in [-0.25, -0.2) is 0 Å². The van der Waals surface area contributed by atoms with E-state index in [1.165, 1.54) is 0 Å². The molecule has 0 aliphatic rings. The third kappa shape index (κ3) is 3.35. The Balaban J connectivity index is 2.67. The van der Waals surface area contributed by atoms with Gasteiger partial charge in [-0.05, 0) is 26.3 Å². The van der Waals surface area contributed by atoms with Crippen LogP contribution in [0.1, 0.15) is 32.4 Å². The highest BCUT2D eigenvalue weighted by molar-refractivity contribution is 5.73. The zero-order valence-electron chi connectivity index (χ0n) is 9.88. The molecule has 1 aromatic carbocycles. The average Bonchev–Trinajstić information content (AvgIpc) is 2.27. The fourth-order valence-corrected chi connectivity index (χ4v) is 1.41. The van der Waals surface area contributed by atoms with Gasteiger partial charge in [0.05, 0.1) is 18.1 Å². The Labute approximate surface area is 96.1 Å². The van der Waals surface area contributed by atoms with Gasteiger partial charge in [0.1, 0.15) is 0 Å². The molecule has 0 fully saturated rings. The highest BCUT2D eigenvalue weighted by atomic mass is 16.5. The molecule has 0 unspecified atom stereocenters. The summed E-state index contributed by atoms with van der Waals surface area (Å²) in [5, 5.41) is 9.97. The van der Waals surface area contributed by atoms with E-state index >= 15 is 0 Å². The second-order valence-corrected chi connectivity index (χ2v) is 4.13. The predicted octanol–water partition coefficient (Wildman–Crippen LogP) is 2.31. The smallest absolute Gasteiger partial charge is 0.311 e. The molecule has 0 bridgehead atoms. The second-order valence-electron chi connectivity index (χ2n) is 4.13. The SMILES string of the molecule is CC(C)OC(=O)[C@H](C)[C@H](O)c1ccccc1. The Kier molecular flexibility index (Phi) is 4.50. The van der Waals surface area contributed by atoms with Gasteiger partial charge < -0.3 is 9.84 Å². The molecule has 0 aliphatic heterocycles. The summed E-state index contributed by atoms with van der Waals surface area (Å²) in [5.41, 5.74) is 0.732. The van der Waals surface area contributed by atoms with Crippen LogP contribution in [0.5, 0.6) is 0 Å². The standard InChI is InChI=1S/C13H18O3/c1-9(2)16-13(15)10(3)12(14)11-7-5-4-6-8-11/h4-10,12,14H,1-3H3/t10-,12+/m1/s1. The number of aliphatic hydroxyl groups excluding tert-OH is 1. The number of ether oxygens (including phenoxy) is 1. The van der Waals surface area contributed by atoms with Crippen LogP contribution in [0.4, 0.5) is 0 Å². The van der Waals surface area contributed by atoms with Crippen LogP contribution in [-0.4, -0.2) is 17.2 Å². The van der Waals surface area contributed by atoms with E-state index in [0.717, 1.165) is 5.56 Å². The Bertz CT molecular complexity index is 332. The number of hydrogen-bond donors (Lipinski definition) is 1. The summed E-state index contributed by atoms with van der Waals surface area (Å²) in [6.45, 7) is 5.25. The molecular weight excluding hydrogens is 204 g/mol. The molecule has 0 amide bonds. The van der Waals surface area contributed by atoms with Gasteiger partial charge in [0, 0.05) is 0 Å². The third-order valence-electron chi connectivity index (χ3n) is 2.34. The molecule has 0 aromatic heterocycles. The first-order valence-electron chi connectivity index (χ1n) is 5.46. The van der Waals surface area contributed by atoms with Crippen LogP contribution in [0.25, 0.3) is 0 Å². The lowest BCUT2D eigenvalue weighted by atomic mass is 9.98. The van der Waals surface area contributed by atoms with Crippen molar-refractivity contribution in [1.82, 2.24) is 0 Å². The molecule has 3 heteroatoms. The van der Waals surface area contributed by atoms with Gasteiger partial charge in [-0.1, -0.05) is 30.3 Å². The highest BCUT2D eigenvalue weighted by Crippen LogP contribution is 2.22. The number of benzene rings is 1. The molecule has 1 N–H and O–H groups in total. The van der Waals surface area contributed by atoms with Crippen molar-refractivity contribution in [2.24, 2.45) is 5.92 Å². The van der Waals surface area contributed by atoms with Crippen molar-refractivity contribution in [2.45, 2.75) is 33.0 Å².